The summed E-state index contributed by atoms with van der Waals surface area (Å²) in [4.78, 5) is 0. The molecule has 1 N–H and O–H groups in total. The molecule has 1 nitrogen and oxygen atoms in total. The summed E-state index contributed by atoms with van der Waals surface area (Å²) in [7, 11) is 0. The van der Waals surface area contributed by atoms with Crippen molar-refractivity contribution in [1.82, 2.24) is 5.32 Å². The second-order valence-electron chi connectivity index (χ2n) is 6.28. The third-order valence-electron chi connectivity index (χ3n) is 3.17. The fraction of sp³-hybridized carbons (Fsp3) is 0.625. The third-order valence-corrected chi connectivity index (χ3v) is 3.46. The van der Waals surface area contributed by atoms with Crippen LogP contribution in [0.1, 0.15) is 58.6 Å². The van der Waals surface area contributed by atoms with E-state index in [2.05, 4.69) is 33.0 Å². The molecule has 0 aliphatic heterocycles. The Morgan fingerprint density at radius 1 is 1.32 bits per heavy atom. The van der Waals surface area contributed by atoms with Gasteiger partial charge in [-0.05, 0) is 48.9 Å². The van der Waals surface area contributed by atoms with Crippen LogP contribution in [0.5, 0.6) is 0 Å². The topological polar surface area (TPSA) is 12.0 Å². The molecule has 0 radical (unpaired) electrons. The second-order valence-corrected chi connectivity index (χ2v) is 6.69. The van der Waals surface area contributed by atoms with Crippen LogP contribution < -0.4 is 5.32 Å². The Morgan fingerprint density at radius 3 is 2.53 bits per heavy atom. The molecule has 1 rings (SSSR count). The molecule has 0 fully saturated rings. The Balaban J connectivity index is 2.79. The second kappa shape index (κ2) is 7.25. The number of benzene rings is 1. The highest BCUT2D eigenvalue weighted by Gasteiger charge is 2.17. The third kappa shape index (κ3) is 5.92. The van der Waals surface area contributed by atoms with E-state index in [0.29, 0.717) is 5.41 Å². The van der Waals surface area contributed by atoms with Crippen molar-refractivity contribution in [3.63, 3.8) is 0 Å². The summed E-state index contributed by atoms with van der Waals surface area (Å²) in [5.74, 6) is -0.351. The first-order chi connectivity index (χ1) is 8.83. The van der Waals surface area contributed by atoms with Crippen molar-refractivity contribution in [1.29, 1.82) is 0 Å². The van der Waals surface area contributed by atoms with Gasteiger partial charge in [0.15, 0.2) is 0 Å². The molecule has 108 valence electrons. The van der Waals surface area contributed by atoms with E-state index in [-0.39, 0.29) is 16.9 Å². The molecule has 1 aromatic carbocycles. The maximum Gasteiger partial charge on any atom is 0.141 e. The summed E-state index contributed by atoms with van der Waals surface area (Å²) in [5, 5.41) is 3.73. The highest BCUT2D eigenvalue weighted by molar-refractivity contribution is 6.30. The molecule has 1 atom stereocenters. The number of hydrogen-bond donors (Lipinski definition) is 1. The predicted molar refractivity (Wildman–Crippen MR) is 81.1 cm³/mol. The van der Waals surface area contributed by atoms with Gasteiger partial charge in [-0.15, -0.1) is 0 Å². The molecular weight excluding hydrogens is 261 g/mol. The standard InChI is InChI=1S/C16H25ClFN/c1-5-10-19-15(8-9-16(2,3)4)12-6-7-14(18)13(17)11-12/h6-7,11,15,19H,5,8-10H2,1-4H3. The normalized spacial score (nSPS) is 13.6. The highest BCUT2D eigenvalue weighted by atomic mass is 35.5. The van der Waals surface area contributed by atoms with Gasteiger partial charge in [0.1, 0.15) is 5.82 Å². The Labute approximate surface area is 121 Å². The summed E-state index contributed by atoms with van der Waals surface area (Å²) < 4.78 is 13.2. The lowest BCUT2D eigenvalue weighted by atomic mass is 9.87. The summed E-state index contributed by atoms with van der Waals surface area (Å²) in [6, 6.07) is 5.27. The van der Waals surface area contributed by atoms with E-state index in [1.54, 1.807) is 6.07 Å². The first-order valence-electron chi connectivity index (χ1n) is 7.02. The molecule has 0 saturated heterocycles. The van der Waals surface area contributed by atoms with Gasteiger partial charge in [-0.1, -0.05) is 45.4 Å². The van der Waals surface area contributed by atoms with Crippen LogP contribution in [0.25, 0.3) is 0 Å². The van der Waals surface area contributed by atoms with Crippen molar-refractivity contribution in [3.8, 4) is 0 Å². The van der Waals surface area contributed by atoms with Crippen LogP contribution in [0.3, 0.4) is 0 Å². The lowest BCUT2D eigenvalue weighted by Gasteiger charge is -2.24. The molecule has 0 aliphatic carbocycles. The fourth-order valence-corrected chi connectivity index (χ4v) is 2.20. The molecule has 0 amide bonds. The lowest BCUT2D eigenvalue weighted by Crippen LogP contribution is -2.23. The fourth-order valence-electron chi connectivity index (χ4n) is 2.01. The average molecular weight is 286 g/mol. The van der Waals surface area contributed by atoms with E-state index in [1.807, 2.05) is 6.07 Å². The van der Waals surface area contributed by atoms with Crippen LogP contribution >= 0.6 is 11.6 Å². The maximum atomic E-state index is 13.2. The number of nitrogens with one attached hydrogen (secondary N) is 1. The minimum Gasteiger partial charge on any atom is -0.310 e. The van der Waals surface area contributed by atoms with Crippen LogP contribution in [-0.4, -0.2) is 6.54 Å². The molecular formula is C16H25ClFN. The molecule has 0 spiro atoms. The first kappa shape index (κ1) is 16.5. The summed E-state index contributed by atoms with van der Waals surface area (Å²) in [6.45, 7) is 9.82. The van der Waals surface area contributed by atoms with Gasteiger partial charge >= 0.3 is 0 Å². The van der Waals surface area contributed by atoms with Crippen molar-refractivity contribution in [2.45, 2.75) is 53.0 Å². The lowest BCUT2D eigenvalue weighted by molar-refractivity contribution is 0.332. The molecule has 0 aromatic heterocycles. The molecule has 0 saturated carbocycles. The zero-order valence-electron chi connectivity index (χ0n) is 12.4. The Bertz CT molecular complexity index is 398. The molecule has 3 heteroatoms. The van der Waals surface area contributed by atoms with E-state index in [9.17, 15) is 4.39 Å². The summed E-state index contributed by atoms with van der Waals surface area (Å²) in [6.07, 6.45) is 3.23. The van der Waals surface area contributed by atoms with Crippen LogP contribution in [-0.2, 0) is 0 Å². The van der Waals surface area contributed by atoms with Gasteiger partial charge < -0.3 is 5.32 Å². The van der Waals surface area contributed by atoms with Crippen molar-refractivity contribution in [2.24, 2.45) is 5.41 Å². The van der Waals surface area contributed by atoms with Crippen LogP contribution in [0.2, 0.25) is 5.02 Å². The predicted octanol–water partition coefficient (Wildman–Crippen LogP) is 5.35. The van der Waals surface area contributed by atoms with Crippen molar-refractivity contribution in [3.05, 3.63) is 34.6 Å². The molecule has 19 heavy (non-hydrogen) atoms. The van der Waals surface area contributed by atoms with Crippen LogP contribution in [0.15, 0.2) is 18.2 Å². The summed E-state index contributed by atoms with van der Waals surface area (Å²) >= 11 is 5.88. The van der Waals surface area contributed by atoms with Crippen LogP contribution in [0, 0.1) is 11.2 Å². The van der Waals surface area contributed by atoms with E-state index in [4.69, 9.17) is 11.6 Å². The summed E-state index contributed by atoms with van der Waals surface area (Å²) in [5.41, 5.74) is 1.37. The quantitative estimate of drug-likeness (QED) is 0.743. The van der Waals surface area contributed by atoms with E-state index in [0.717, 1.165) is 31.4 Å². The van der Waals surface area contributed by atoms with Crippen molar-refractivity contribution >= 4 is 11.6 Å². The average Bonchev–Trinajstić information content (AvgIpc) is 2.32. The van der Waals surface area contributed by atoms with Gasteiger partial charge in [-0.3, -0.25) is 0 Å². The zero-order chi connectivity index (χ0) is 14.5. The molecule has 0 bridgehead atoms. The van der Waals surface area contributed by atoms with Gasteiger partial charge in [-0.25, -0.2) is 4.39 Å². The maximum absolute atomic E-state index is 13.2. The smallest absolute Gasteiger partial charge is 0.141 e. The zero-order valence-corrected chi connectivity index (χ0v) is 13.1. The molecule has 0 aliphatic rings. The van der Waals surface area contributed by atoms with Gasteiger partial charge in [0, 0.05) is 6.04 Å². The number of hydrogen-bond acceptors (Lipinski definition) is 1. The first-order valence-corrected chi connectivity index (χ1v) is 7.39. The number of halogens is 2. The van der Waals surface area contributed by atoms with Crippen LogP contribution in [0.4, 0.5) is 4.39 Å². The molecule has 0 heterocycles. The monoisotopic (exact) mass is 285 g/mol. The highest BCUT2D eigenvalue weighted by Crippen LogP contribution is 2.29. The Kier molecular flexibility index (Phi) is 6.28. The van der Waals surface area contributed by atoms with Gasteiger partial charge in [0.05, 0.1) is 5.02 Å². The van der Waals surface area contributed by atoms with Crippen molar-refractivity contribution in [2.75, 3.05) is 6.54 Å². The van der Waals surface area contributed by atoms with Gasteiger partial charge in [-0.2, -0.15) is 0 Å². The number of rotatable bonds is 6. The molecule has 1 aromatic rings. The van der Waals surface area contributed by atoms with E-state index in [1.165, 1.54) is 6.07 Å². The largest absolute Gasteiger partial charge is 0.310 e. The van der Waals surface area contributed by atoms with E-state index < -0.39 is 0 Å². The SMILES string of the molecule is CCCNC(CCC(C)(C)C)c1ccc(F)c(Cl)c1. The van der Waals surface area contributed by atoms with Gasteiger partial charge in [0.25, 0.3) is 0 Å². The van der Waals surface area contributed by atoms with E-state index >= 15 is 0 Å². The minimum absolute atomic E-state index is 0.205. The molecule has 1 unspecified atom stereocenters. The van der Waals surface area contributed by atoms with Crippen molar-refractivity contribution < 1.29 is 4.39 Å². The Morgan fingerprint density at radius 2 is 2.00 bits per heavy atom. The van der Waals surface area contributed by atoms with Gasteiger partial charge in [0.2, 0.25) is 0 Å². The minimum atomic E-state index is -0.351. The Hall–Kier alpha value is -0.600.